The molecule has 0 heterocycles. The monoisotopic (exact) mass is 242 g/mol. The van der Waals surface area contributed by atoms with Crippen LogP contribution in [0.2, 0.25) is 0 Å². The molecule has 0 aromatic rings. The maximum atomic E-state index is 5.91. The van der Waals surface area contributed by atoms with Crippen LogP contribution in [-0.2, 0) is 0 Å². The average molecular weight is 244 g/mol. The van der Waals surface area contributed by atoms with Crippen molar-refractivity contribution in [2.24, 2.45) is 5.73 Å². The smallest absolute Gasteiger partial charge is 0.130 e. The van der Waals surface area contributed by atoms with Gasteiger partial charge in [-0.2, -0.15) is 0 Å². The number of likely N-dealkylation sites (N-methyl/N-ethyl adjacent to an activating group) is 1. The van der Waals surface area contributed by atoms with Crippen LogP contribution in [0.15, 0.2) is 23.9 Å². The van der Waals surface area contributed by atoms with Crippen molar-refractivity contribution in [2.45, 2.75) is 17.3 Å². The number of allylic oxidation sites excluding steroid dienone is 1. The van der Waals surface area contributed by atoms with E-state index in [0.29, 0.717) is 0 Å². The summed E-state index contributed by atoms with van der Waals surface area (Å²) in [6.45, 7) is 2.88. The molecule has 1 aliphatic carbocycles. The maximum absolute atomic E-state index is 5.91. The Morgan fingerprint density at radius 1 is 1.69 bits per heavy atom. The van der Waals surface area contributed by atoms with Crippen LogP contribution in [0.4, 0.5) is 0 Å². The molecular weight excluding hydrogens is 230 g/mol. The second-order valence-electron chi connectivity index (χ2n) is 2.71. The van der Waals surface area contributed by atoms with E-state index >= 15 is 0 Å². The van der Waals surface area contributed by atoms with Gasteiger partial charge in [0.15, 0.2) is 0 Å². The highest BCUT2D eigenvalue weighted by molar-refractivity contribution is 6.34. The van der Waals surface area contributed by atoms with Gasteiger partial charge in [-0.25, -0.2) is 0 Å². The van der Waals surface area contributed by atoms with Crippen LogP contribution in [0.25, 0.3) is 0 Å². The molecule has 0 spiro atoms. The average Bonchev–Trinajstić information content (AvgIpc) is 1.98. The Bertz CT molecular complexity index is 223. The predicted octanol–water partition coefficient (Wildman–Crippen LogP) is 1.97. The van der Waals surface area contributed by atoms with Gasteiger partial charge in [0.25, 0.3) is 0 Å². The number of nitrogens with one attached hydrogen (secondary N) is 1. The summed E-state index contributed by atoms with van der Waals surface area (Å²) in [6.07, 6.45) is 5.36. The molecule has 3 N–H and O–H groups in total. The van der Waals surface area contributed by atoms with E-state index in [4.69, 9.17) is 28.9 Å². The number of hydrogen-bond acceptors (Lipinski definition) is 2. The third-order valence-electron chi connectivity index (χ3n) is 1.65. The molecule has 0 saturated carbocycles. The zero-order valence-electron chi connectivity index (χ0n) is 7.26. The lowest BCUT2D eigenvalue weighted by molar-refractivity contribution is 0.728. The van der Waals surface area contributed by atoms with E-state index in [1.54, 1.807) is 6.08 Å². The van der Waals surface area contributed by atoms with Gasteiger partial charge in [0, 0.05) is 12.2 Å². The highest BCUT2D eigenvalue weighted by atomic mass is 35.5. The first-order valence-corrected chi connectivity index (χ1v) is 4.64. The highest BCUT2D eigenvalue weighted by Gasteiger charge is 2.29. The van der Waals surface area contributed by atoms with Crippen molar-refractivity contribution in [3.05, 3.63) is 23.9 Å². The SMILES string of the molecule is CCNC1=CC(Cl)C(N)(Cl)C=C1.Cl. The predicted molar refractivity (Wildman–Crippen MR) is 60.6 cm³/mol. The molecule has 76 valence electrons. The first kappa shape index (κ1) is 13.1. The fourth-order valence-corrected chi connectivity index (χ4v) is 1.31. The van der Waals surface area contributed by atoms with E-state index in [-0.39, 0.29) is 17.8 Å². The van der Waals surface area contributed by atoms with Gasteiger partial charge >= 0.3 is 0 Å². The Hall–Kier alpha value is 0.110. The van der Waals surface area contributed by atoms with Crippen LogP contribution < -0.4 is 11.1 Å². The molecule has 2 atom stereocenters. The molecule has 0 aliphatic heterocycles. The number of nitrogens with two attached hydrogens (primary N) is 1. The molecule has 0 aromatic heterocycles. The van der Waals surface area contributed by atoms with Crippen LogP contribution in [0, 0.1) is 0 Å². The second-order valence-corrected chi connectivity index (χ2v) is 3.84. The molecule has 0 fully saturated rings. The molecule has 2 nitrogen and oxygen atoms in total. The van der Waals surface area contributed by atoms with Crippen molar-refractivity contribution < 1.29 is 0 Å². The van der Waals surface area contributed by atoms with Gasteiger partial charge in [-0.1, -0.05) is 11.6 Å². The van der Waals surface area contributed by atoms with Crippen molar-refractivity contribution >= 4 is 35.6 Å². The van der Waals surface area contributed by atoms with Crippen molar-refractivity contribution in [3.8, 4) is 0 Å². The molecule has 1 aliphatic rings. The number of hydrogen-bond donors (Lipinski definition) is 2. The van der Waals surface area contributed by atoms with Crippen LogP contribution in [-0.4, -0.2) is 16.9 Å². The van der Waals surface area contributed by atoms with Crippen LogP contribution in [0.5, 0.6) is 0 Å². The summed E-state index contributed by atoms with van der Waals surface area (Å²) in [5.74, 6) is 0. The summed E-state index contributed by atoms with van der Waals surface area (Å²) < 4.78 is 0. The zero-order valence-corrected chi connectivity index (χ0v) is 9.59. The first-order valence-electron chi connectivity index (χ1n) is 3.83. The Balaban J connectivity index is 0.00000144. The first-order chi connectivity index (χ1) is 5.56. The normalized spacial score (nSPS) is 32.0. The molecular formula is C8H13Cl3N2. The largest absolute Gasteiger partial charge is 0.386 e. The van der Waals surface area contributed by atoms with Crippen LogP contribution in [0.3, 0.4) is 0 Å². The molecule has 0 amide bonds. The third-order valence-corrected chi connectivity index (χ3v) is 2.61. The van der Waals surface area contributed by atoms with Gasteiger partial charge in [0.05, 0.1) is 5.38 Å². The van der Waals surface area contributed by atoms with E-state index < -0.39 is 5.00 Å². The summed E-state index contributed by atoms with van der Waals surface area (Å²) in [4.78, 5) is -0.944. The lowest BCUT2D eigenvalue weighted by atomic mass is 10.1. The molecule has 2 unspecified atom stereocenters. The Labute approximate surface area is 94.6 Å². The minimum Gasteiger partial charge on any atom is -0.386 e. The molecule has 5 heteroatoms. The summed E-state index contributed by atoms with van der Waals surface area (Å²) >= 11 is 11.8. The maximum Gasteiger partial charge on any atom is 0.130 e. The molecule has 0 saturated heterocycles. The van der Waals surface area contributed by atoms with Gasteiger partial charge in [-0.15, -0.1) is 24.0 Å². The summed E-state index contributed by atoms with van der Waals surface area (Å²) in [7, 11) is 0. The second kappa shape index (κ2) is 5.11. The molecule has 0 radical (unpaired) electrons. The van der Waals surface area contributed by atoms with E-state index in [9.17, 15) is 0 Å². The summed E-state index contributed by atoms with van der Waals surface area (Å²) in [5.41, 5.74) is 6.63. The van der Waals surface area contributed by atoms with E-state index in [1.165, 1.54) is 0 Å². The molecule has 0 bridgehead atoms. The third kappa shape index (κ3) is 3.39. The number of rotatable bonds is 2. The van der Waals surface area contributed by atoms with Crippen LogP contribution >= 0.6 is 35.6 Å². The van der Waals surface area contributed by atoms with Crippen molar-refractivity contribution in [1.82, 2.24) is 5.32 Å². The fraction of sp³-hybridized carbons (Fsp3) is 0.500. The highest BCUT2D eigenvalue weighted by Crippen LogP contribution is 2.26. The molecule has 13 heavy (non-hydrogen) atoms. The van der Waals surface area contributed by atoms with Crippen molar-refractivity contribution in [1.29, 1.82) is 0 Å². The Morgan fingerprint density at radius 2 is 2.31 bits per heavy atom. The van der Waals surface area contributed by atoms with Crippen LogP contribution in [0.1, 0.15) is 6.92 Å². The molecule has 1 rings (SSSR count). The van der Waals surface area contributed by atoms with Crippen molar-refractivity contribution in [2.75, 3.05) is 6.54 Å². The standard InChI is InChI=1S/C8H12Cl2N2.ClH/c1-2-12-6-3-4-8(10,11)7(9)5-6;/h3-5,7,12H,2,11H2,1H3;1H. The summed E-state index contributed by atoms with van der Waals surface area (Å²) in [6, 6.07) is 0. The van der Waals surface area contributed by atoms with Gasteiger partial charge < -0.3 is 11.1 Å². The van der Waals surface area contributed by atoms with Gasteiger partial charge in [-0.3, -0.25) is 0 Å². The summed E-state index contributed by atoms with van der Waals surface area (Å²) in [5, 5.41) is 2.77. The molecule has 0 aromatic carbocycles. The van der Waals surface area contributed by atoms with E-state index in [1.807, 2.05) is 19.1 Å². The topological polar surface area (TPSA) is 38.0 Å². The number of halogens is 3. The quantitative estimate of drug-likeness (QED) is 0.575. The lowest BCUT2D eigenvalue weighted by Crippen LogP contribution is -2.41. The Morgan fingerprint density at radius 3 is 2.77 bits per heavy atom. The lowest BCUT2D eigenvalue weighted by Gasteiger charge is -2.25. The minimum atomic E-state index is -0.944. The van der Waals surface area contributed by atoms with E-state index in [0.717, 1.165) is 12.2 Å². The van der Waals surface area contributed by atoms with Gasteiger partial charge in [-0.05, 0) is 25.2 Å². The van der Waals surface area contributed by atoms with E-state index in [2.05, 4.69) is 5.32 Å². The van der Waals surface area contributed by atoms with Crippen molar-refractivity contribution in [3.63, 3.8) is 0 Å². The van der Waals surface area contributed by atoms with Gasteiger partial charge in [0.1, 0.15) is 5.00 Å². The zero-order chi connectivity index (χ0) is 9.19. The van der Waals surface area contributed by atoms with Gasteiger partial charge in [0.2, 0.25) is 0 Å². The fourth-order valence-electron chi connectivity index (χ4n) is 0.972. The Kier molecular flexibility index (Phi) is 5.15. The minimum absolute atomic E-state index is 0. The number of alkyl halides is 2.